The summed E-state index contributed by atoms with van der Waals surface area (Å²) in [6.07, 6.45) is 6.32. The van der Waals surface area contributed by atoms with Gasteiger partial charge >= 0.3 is 17.5 Å². The molecule has 4 rings (SSSR count). The van der Waals surface area contributed by atoms with E-state index in [0.717, 1.165) is 5.69 Å². The number of fused-ring (bicyclic) bond motifs is 1. The highest BCUT2D eigenvalue weighted by molar-refractivity contribution is 7.15. The summed E-state index contributed by atoms with van der Waals surface area (Å²) >= 11 is 1.32. The number of benzene rings is 1. The van der Waals surface area contributed by atoms with Crippen LogP contribution in [0.5, 0.6) is 0 Å². The molecule has 162 valence electrons. The van der Waals surface area contributed by atoms with Crippen molar-refractivity contribution >= 4 is 33.9 Å². The molecule has 2 aromatic heterocycles. The average Bonchev–Trinajstić information content (AvgIpc) is 3.03. The molecule has 10 heteroatoms. The Balaban J connectivity index is 1.98. The summed E-state index contributed by atoms with van der Waals surface area (Å²) in [6.45, 7) is 1.86. The predicted octanol–water partition coefficient (Wildman–Crippen LogP) is 2.62. The van der Waals surface area contributed by atoms with Crippen LogP contribution >= 0.6 is 11.3 Å². The van der Waals surface area contributed by atoms with Crippen molar-refractivity contribution in [3.05, 3.63) is 81.4 Å². The highest BCUT2D eigenvalue weighted by Crippen LogP contribution is 2.33. The smallest absolute Gasteiger partial charge is 0.355 e. The lowest BCUT2D eigenvalue weighted by Gasteiger charge is -2.25. The van der Waals surface area contributed by atoms with E-state index < -0.39 is 17.5 Å². The van der Waals surface area contributed by atoms with Crippen molar-refractivity contribution in [2.45, 2.75) is 6.92 Å². The number of aromatic nitrogens is 3. The fourth-order valence-corrected chi connectivity index (χ4v) is 4.07. The molecule has 0 spiro atoms. The van der Waals surface area contributed by atoms with Crippen molar-refractivity contribution in [3.8, 4) is 11.3 Å². The maximum absolute atomic E-state index is 12.8. The summed E-state index contributed by atoms with van der Waals surface area (Å²) in [5.41, 5.74) is 1.25. The zero-order valence-corrected chi connectivity index (χ0v) is 18.3. The van der Waals surface area contributed by atoms with Crippen molar-refractivity contribution < 1.29 is 19.1 Å². The lowest BCUT2D eigenvalue weighted by atomic mass is 10.1. The molecule has 0 aliphatic carbocycles. The van der Waals surface area contributed by atoms with Crippen molar-refractivity contribution in [2.75, 3.05) is 19.1 Å². The fourth-order valence-electron chi connectivity index (χ4n) is 3.27. The summed E-state index contributed by atoms with van der Waals surface area (Å²) in [7, 11) is 2.45. The quantitative estimate of drug-likeness (QED) is 0.559. The van der Waals surface area contributed by atoms with Crippen LogP contribution in [0.3, 0.4) is 0 Å². The van der Waals surface area contributed by atoms with Crippen molar-refractivity contribution in [3.63, 3.8) is 0 Å². The minimum atomic E-state index is -0.747. The summed E-state index contributed by atoms with van der Waals surface area (Å²) in [6, 6.07) is 6.90. The van der Waals surface area contributed by atoms with Gasteiger partial charge < -0.3 is 14.4 Å². The molecule has 3 heterocycles. The molecular weight excluding hydrogens is 432 g/mol. The van der Waals surface area contributed by atoms with E-state index in [-0.39, 0.29) is 17.0 Å². The van der Waals surface area contributed by atoms with E-state index in [4.69, 9.17) is 9.47 Å². The van der Waals surface area contributed by atoms with Crippen LogP contribution in [0.15, 0.2) is 70.1 Å². The van der Waals surface area contributed by atoms with Gasteiger partial charge in [0, 0.05) is 17.1 Å². The monoisotopic (exact) mass is 450 g/mol. The van der Waals surface area contributed by atoms with Crippen LogP contribution in [0.4, 0.5) is 5.69 Å². The molecule has 1 aromatic carbocycles. The Labute approximate surface area is 186 Å². The number of ether oxygens (including phenoxy) is 2. The predicted molar refractivity (Wildman–Crippen MR) is 119 cm³/mol. The Morgan fingerprint density at radius 3 is 2.56 bits per heavy atom. The Morgan fingerprint density at radius 2 is 1.81 bits per heavy atom. The maximum atomic E-state index is 12.8. The second kappa shape index (κ2) is 8.60. The number of rotatable bonds is 4. The maximum Gasteiger partial charge on any atom is 0.355 e. The Morgan fingerprint density at radius 1 is 1.06 bits per heavy atom. The zero-order valence-electron chi connectivity index (χ0n) is 17.4. The molecule has 0 atom stereocenters. The van der Waals surface area contributed by atoms with Crippen LogP contribution in [0.2, 0.25) is 0 Å². The third-order valence-electron chi connectivity index (χ3n) is 4.76. The van der Waals surface area contributed by atoms with Gasteiger partial charge in [-0.1, -0.05) is 24.3 Å². The second-order valence-electron chi connectivity index (χ2n) is 6.67. The number of allylic oxidation sites excluding steroid dienone is 2. The van der Waals surface area contributed by atoms with Gasteiger partial charge in [0.2, 0.25) is 4.96 Å². The number of carbonyl (C=O) groups is 2. The summed E-state index contributed by atoms with van der Waals surface area (Å²) in [5.74, 6) is -1.45. The minimum absolute atomic E-state index is 0.00564. The first-order valence-corrected chi connectivity index (χ1v) is 10.3. The van der Waals surface area contributed by atoms with E-state index in [9.17, 15) is 14.4 Å². The van der Waals surface area contributed by atoms with Crippen LogP contribution in [0, 0.1) is 6.92 Å². The van der Waals surface area contributed by atoms with Gasteiger partial charge in [-0.3, -0.25) is 4.79 Å². The Kier molecular flexibility index (Phi) is 5.69. The first kappa shape index (κ1) is 21.2. The molecule has 0 saturated heterocycles. The van der Waals surface area contributed by atoms with Crippen LogP contribution in [-0.2, 0) is 19.1 Å². The highest BCUT2D eigenvalue weighted by Gasteiger charge is 2.29. The van der Waals surface area contributed by atoms with Crippen molar-refractivity contribution in [1.82, 2.24) is 14.6 Å². The van der Waals surface area contributed by atoms with Gasteiger partial charge in [0.15, 0.2) is 5.69 Å². The summed E-state index contributed by atoms with van der Waals surface area (Å²) in [4.78, 5) is 44.1. The number of esters is 2. The Bertz CT molecular complexity index is 1380. The number of nitrogens with zero attached hydrogens (tertiary/aromatic N) is 4. The standard InChI is InChI=1S/C22H18N4O5S/c1-13-12-32-22-23-19(27)17(24-26(13)22)14-8-4-5-10-16(14)25-11-7-6-9-15(20(28)30-2)18(25)21(29)31-3/h4-12H,1-3H3. The number of hydrogen-bond donors (Lipinski definition) is 0. The fraction of sp³-hybridized carbons (Fsp3) is 0.136. The van der Waals surface area contributed by atoms with Gasteiger partial charge in [0.1, 0.15) is 5.70 Å². The number of anilines is 1. The number of hydrogen-bond acceptors (Lipinski definition) is 9. The van der Waals surface area contributed by atoms with Gasteiger partial charge in [-0.25, -0.2) is 14.1 Å². The SMILES string of the molecule is COC(=O)C1=C(C(=O)OC)N(c2ccccc2-c2nn3c(C)csc3nc2=O)C=CC=C1. The second-order valence-corrected chi connectivity index (χ2v) is 7.51. The van der Waals surface area contributed by atoms with E-state index in [1.54, 1.807) is 47.1 Å². The molecule has 0 amide bonds. The van der Waals surface area contributed by atoms with Crippen LogP contribution in [-0.4, -0.2) is 40.8 Å². The molecule has 0 bridgehead atoms. The molecule has 0 saturated carbocycles. The molecule has 1 aliphatic rings. The van der Waals surface area contributed by atoms with Crippen LogP contribution in [0.25, 0.3) is 16.2 Å². The van der Waals surface area contributed by atoms with E-state index in [0.29, 0.717) is 16.2 Å². The molecule has 0 fully saturated rings. The number of para-hydroxylation sites is 1. The molecule has 3 aromatic rings. The summed E-state index contributed by atoms with van der Waals surface area (Å²) < 4.78 is 11.4. The van der Waals surface area contributed by atoms with Crippen molar-refractivity contribution in [1.29, 1.82) is 0 Å². The minimum Gasteiger partial charge on any atom is -0.465 e. The lowest BCUT2D eigenvalue weighted by Crippen LogP contribution is -2.28. The number of aryl methyl sites for hydroxylation is 1. The van der Waals surface area contributed by atoms with E-state index in [1.807, 2.05) is 12.3 Å². The third kappa shape index (κ3) is 3.60. The van der Waals surface area contributed by atoms with Crippen LogP contribution in [0.1, 0.15) is 5.69 Å². The normalized spacial score (nSPS) is 13.4. The van der Waals surface area contributed by atoms with E-state index in [2.05, 4.69) is 10.1 Å². The third-order valence-corrected chi connectivity index (χ3v) is 5.69. The van der Waals surface area contributed by atoms with Gasteiger partial charge in [0.25, 0.3) is 0 Å². The molecule has 32 heavy (non-hydrogen) atoms. The molecular formula is C22H18N4O5S. The number of carbonyl (C=O) groups excluding carboxylic acids is 2. The largest absolute Gasteiger partial charge is 0.465 e. The van der Waals surface area contributed by atoms with Gasteiger partial charge in [-0.2, -0.15) is 10.1 Å². The van der Waals surface area contributed by atoms with E-state index in [1.165, 1.54) is 36.5 Å². The zero-order chi connectivity index (χ0) is 22.8. The van der Waals surface area contributed by atoms with Gasteiger partial charge in [-0.05, 0) is 25.1 Å². The number of thiazole rings is 1. The molecule has 1 aliphatic heterocycles. The van der Waals surface area contributed by atoms with Crippen molar-refractivity contribution in [2.24, 2.45) is 0 Å². The first-order valence-electron chi connectivity index (χ1n) is 9.46. The van der Waals surface area contributed by atoms with Crippen LogP contribution < -0.4 is 10.5 Å². The topological polar surface area (TPSA) is 103 Å². The lowest BCUT2D eigenvalue weighted by molar-refractivity contribution is -0.139. The first-order chi connectivity index (χ1) is 15.5. The highest BCUT2D eigenvalue weighted by atomic mass is 32.1. The molecule has 0 unspecified atom stereocenters. The summed E-state index contributed by atoms with van der Waals surface area (Å²) in [5, 5.41) is 6.36. The Hall–Kier alpha value is -4.05. The number of methoxy groups -OCH3 is 2. The molecule has 0 N–H and O–H groups in total. The molecule has 9 nitrogen and oxygen atoms in total. The average molecular weight is 450 g/mol. The van der Waals surface area contributed by atoms with E-state index >= 15 is 0 Å². The van der Waals surface area contributed by atoms with Gasteiger partial charge in [0.05, 0.1) is 31.2 Å². The van der Waals surface area contributed by atoms with Gasteiger partial charge in [-0.15, -0.1) is 11.3 Å². The molecule has 0 radical (unpaired) electrons.